The van der Waals surface area contributed by atoms with Crippen LogP contribution in [-0.4, -0.2) is 34.7 Å². The number of guanidine groups is 1. The van der Waals surface area contributed by atoms with Gasteiger partial charge in [0.1, 0.15) is 0 Å². The predicted octanol–water partition coefficient (Wildman–Crippen LogP) is 1.98. The lowest BCUT2D eigenvalue weighted by atomic mass is 10.4. The van der Waals surface area contributed by atoms with E-state index in [1.54, 1.807) is 25.3 Å². The average molecular weight is 436 g/mol. The van der Waals surface area contributed by atoms with Crippen molar-refractivity contribution in [1.82, 2.24) is 25.8 Å². The van der Waals surface area contributed by atoms with Crippen molar-refractivity contribution in [2.24, 2.45) is 4.99 Å². The topological polar surface area (TPSA) is 88.2 Å². The molecule has 2 N–H and O–H groups in total. The van der Waals surface area contributed by atoms with Crippen LogP contribution in [0.1, 0.15) is 27.3 Å². The zero-order chi connectivity index (χ0) is 15.2. The monoisotopic (exact) mass is 436 g/mol. The van der Waals surface area contributed by atoms with Gasteiger partial charge in [-0.25, -0.2) is 4.98 Å². The summed E-state index contributed by atoms with van der Waals surface area (Å²) in [5.74, 6) is 1.88. The number of aliphatic imine (C=N–C) groups is 1. The van der Waals surface area contributed by atoms with E-state index >= 15 is 0 Å². The third kappa shape index (κ3) is 5.52. The molecule has 2 heterocycles. The number of nitrogens with zero attached hydrogens (tertiary/aromatic N) is 4. The van der Waals surface area contributed by atoms with E-state index in [9.17, 15) is 0 Å². The summed E-state index contributed by atoms with van der Waals surface area (Å²) in [6.07, 6.45) is 0.876. The summed E-state index contributed by atoms with van der Waals surface area (Å²) < 4.78 is 4.91. The van der Waals surface area contributed by atoms with E-state index in [1.807, 2.05) is 6.92 Å². The molecule has 2 aromatic heterocycles. The Morgan fingerprint density at radius 1 is 1.23 bits per heavy atom. The van der Waals surface area contributed by atoms with Gasteiger partial charge in [0.25, 0.3) is 0 Å². The summed E-state index contributed by atoms with van der Waals surface area (Å²) in [4.78, 5) is 14.1. The average Bonchev–Trinajstić information content (AvgIpc) is 3.00. The van der Waals surface area contributed by atoms with E-state index in [-0.39, 0.29) is 24.0 Å². The van der Waals surface area contributed by atoms with Crippen molar-refractivity contribution < 1.29 is 4.52 Å². The van der Waals surface area contributed by atoms with Gasteiger partial charge in [-0.3, -0.25) is 4.99 Å². The molecule has 0 aromatic carbocycles. The third-order valence-corrected chi connectivity index (χ3v) is 4.04. The van der Waals surface area contributed by atoms with Crippen LogP contribution in [0.25, 0.3) is 0 Å². The molecule has 7 nitrogen and oxygen atoms in total. The van der Waals surface area contributed by atoms with Crippen LogP contribution in [-0.2, 0) is 13.0 Å². The van der Waals surface area contributed by atoms with Crippen molar-refractivity contribution in [3.05, 3.63) is 27.3 Å². The minimum atomic E-state index is 0. The Hall–Kier alpha value is -1.23. The number of halogens is 1. The van der Waals surface area contributed by atoms with Crippen LogP contribution >= 0.6 is 35.3 Å². The Balaban J connectivity index is 0.00000242. The standard InChI is InChI=1S/C13H20N6OS.HI/c1-8-9(2)21-12(17-8)5-6-15-13(14-4)16-7-11-18-10(3)20-19-11;/h5-7H2,1-4H3,(H2,14,15,16);1H. The van der Waals surface area contributed by atoms with Crippen molar-refractivity contribution in [1.29, 1.82) is 0 Å². The molecule has 0 fully saturated rings. The van der Waals surface area contributed by atoms with Crippen molar-refractivity contribution in [2.75, 3.05) is 13.6 Å². The van der Waals surface area contributed by atoms with E-state index in [1.165, 1.54) is 4.88 Å². The first-order valence-corrected chi connectivity index (χ1v) is 7.56. The van der Waals surface area contributed by atoms with Gasteiger partial charge in [-0.1, -0.05) is 5.16 Å². The van der Waals surface area contributed by atoms with E-state index < -0.39 is 0 Å². The van der Waals surface area contributed by atoms with E-state index in [2.05, 4.69) is 37.7 Å². The summed E-state index contributed by atoms with van der Waals surface area (Å²) in [6, 6.07) is 0. The van der Waals surface area contributed by atoms with Gasteiger partial charge in [-0.05, 0) is 13.8 Å². The fourth-order valence-electron chi connectivity index (χ4n) is 1.73. The lowest BCUT2D eigenvalue weighted by molar-refractivity contribution is 0.387. The molecule has 122 valence electrons. The van der Waals surface area contributed by atoms with Gasteiger partial charge in [-0.15, -0.1) is 35.3 Å². The summed E-state index contributed by atoms with van der Waals surface area (Å²) in [6.45, 7) is 7.15. The number of hydrogen-bond acceptors (Lipinski definition) is 6. The molecule has 22 heavy (non-hydrogen) atoms. The maximum atomic E-state index is 4.91. The van der Waals surface area contributed by atoms with E-state index in [0.29, 0.717) is 24.2 Å². The maximum absolute atomic E-state index is 4.91. The van der Waals surface area contributed by atoms with Crippen molar-refractivity contribution >= 4 is 41.3 Å². The van der Waals surface area contributed by atoms with Crippen LogP contribution in [0.2, 0.25) is 0 Å². The molecule has 0 bridgehead atoms. The molecule has 0 amide bonds. The largest absolute Gasteiger partial charge is 0.356 e. The third-order valence-electron chi connectivity index (χ3n) is 2.91. The number of thiazole rings is 1. The summed E-state index contributed by atoms with van der Waals surface area (Å²) in [7, 11) is 1.73. The van der Waals surface area contributed by atoms with Gasteiger partial charge in [0.05, 0.1) is 17.2 Å². The van der Waals surface area contributed by atoms with Crippen LogP contribution in [0.5, 0.6) is 0 Å². The van der Waals surface area contributed by atoms with Gasteiger partial charge >= 0.3 is 0 Å². The highest BCUT2D eigenvalue weighted by atomic mass is 127. The number of hydrogen-bond donors (Lipinski definition) is 2. The molecular weight excluding hydrogens is 415 g/mol. The van der Waals surface area contributed by atoms with Gasteiger partial charge in [0.2, 0.25) is 5.89 Å². The van der Waals surface area contributed by atoms with E-state index in [4.69, 9.17) is 4.52 Å². The molecule has 0 aliphatic carbocycles. The smallest absolute Gasteiger partial charge is 0.223 e. The van der Waals surface area contributed by atoms with Crippen LogP contribution in [0, 0.1) is 20.8 Å². The first-order valence-electron chi connectivity index (χ1n) is 6.75. The van der Waals surface area contributed by atoms with Gasteiger partial charge < -0.3 is 15.2 Å². The van der Waals surface area contributed by atoms with Crippen molar-refractivity contribution in [2.45, 2.75) is 33.7 Å². The maximum Gasteiger partial charge on any atom is 0.223 e. The van der Waals surface area contributed by atoms with Gasteiger partial charge in [-0.2, -0.15) is 4.98 Å². The van der Waals surface area contributed by atoms with Crippen molar-refractivity contribution in [3.63, 3.8) is 0 Å². The molecule has 0 spiro atoms. The number of rotatable bonds is 5. The van der Waals surface area contributed by atoms with Crippen molar-refractivity contribution in [3.8, 4) is 0 Å². The number of aryl methyl sites for hydroxylation is 3. The Kier molecular flexibility index (Phi) is 7.73. The fraction of sp³-hybridized carbons (Fsp3) is 0.538. The zero-order valence-electron chi connectivity index (χ0n) is 13.1. The van der Waals surface area contributed by atoms with Crippen LogP contribution < -0.4 is 10.6 Å². The molecule has 0 atom stereocenters. The molecule has 0 unspecified atom stereocenters. The van der Waals surface area contributed by atoms with Gasteiger partial charge in [0.15, 0.2) is 11.8 Å². The fourth-order valence-corrected chi connectivity index (χ4v) is 2.66. The number of nitrogens with one attached hydrogen (secondary N) is 2. The van der Waals surface area contributed by atoms with Crippen LogP contribution in [0.3, 0.4) is 0 Å². The molecular formula is C13H21IN6OS. The summed E-state index contributed by atoms with van der Waals surface area (Å²) >= 11 is 1.74. The Morgan fingerprint density at radius 3 is 2.55 bits per heavy atom. The summed E-state index contributed by atoms with van der Waals surface area (Å²) in [5, 5.41) is 11.3. The molecule has 0 saturated heterocycles. The van der Waals surface area contributed by atoms with Crippen LogP contribution in [0.15, 0.2) is 9.52 Å². The Labute approximate surface area is 151 Å². The highest BCUT2D eigenvalue weighted by Crippen LogP contribution is 2.16. The lowest BCUT2D eigenvalue weighted by Gasteiger charge is -2.09. The SMILES string of the molecule is CN=C(NCCc1nc(C)c(C)s1)NCc1noc(C)n1.I. The Morgan fingerprint density at radius 2 is 2.00 bits per heavy atom. The second-order valence-electron chi connectivity index (χ2n) is 4.58. The first kappa shape index (κ1) is 18.8. The normalized spacial score (nSPS) is 11.2. The second kappa shape index (κ2) is 9.03. The lowest BCUT2D eigenvalue weighted by Crippen LogP contribution is -2.38. The molecule has 9 heteroatoms. The van der Waals surface area contributed by atoms with Crippen LogP contribution in [0.4, 0.5) is 0 Å². The minimum Gasteiger partial charge on any atom is -0.356 e. The molecule has 2 rings (SSSR count). The van der Waals surface area contributed by atoms with Gasteiger partial charge in [0, 0.05) is 31.8 Å². The molecule has 0 radical (unpaired) electrons. The quantitative estimate of drug-likeness (QED) is 0.424. The Bertz CT molecular complexity index is 604. The predicted molar refractivity (Wildman–Crippen MR) is 97.9 cm³/mol. The first-order chi connectivity index (χ1) is 10.1. The van der Waals surface area contributed by atoms with E-state index in [0.717, 1.165) is 23.7 Å². The summed E-state index contributed by atoms with van der Waals surface area (Å²) in [5.41, 5.74) is 1.12. The highest BCUT2D eigenvalue weighted by Gasteiger charge is 2.05. The molecule has 2 aromatic rings. The number of aromatic nitrogens is 3. The second-order valence-corrected chi connectivity index (χ2v) is 5.87. The zero-order valence-corrected chi connectivity index (χ0v) is 16.3. The highest BCUT2D eigenvalue weighted by molar-refractivity contribution is 14.0. The molecule has 0 saturated carbocycles. The molecule has 0 aliphatic rings. The molecule has 0 aliphatic heterocycles. The minimum absolute atomic E-state index is 0.